The number of benzene rings is 2. The molecule has 4 aromatic heterocycles. The second kappa shape index (κ2) is 10.1. The maximum atomic E-state index is 15.4. The van der Waals surface area contributed by atoms with E-state index in [1.807, 2.05) is 6.92 Å². The Balaban J connectivity index is 1.21. The molecule has 2 saturated heterocycles. The van der Waals surface area contributed by atoms with E-state index in [1.165, 1.54) is 62.1 Å². The number of hydrogen-bond acceptors (Lipinski definition) is 11. The lowest BCUT2D eigenvalue weighted by molar-refractivity contribution is -0.196. The molecule has 0 bridgehead atoms. The van der Waals surface area contributed by atoms with Crippen molar-refractivity contribution in [1.29, 1.82) is 0 Å². The predicted octanol–water partition coefficient (Wildman–Crippen LogP) is 4.19. The van der Waals surface area contributed by atoms with Gasteiger partial charge in [0.05, 0.1) is 38.2 Å². The summed E-state index contributed by atoms with van der Waals surface area (Å²) in [5.74, 6) is -2.32. The zero-order valence-electron chi connectivity index (χ0n) is 22.9. The summed E-state index contributed by atoms with van der Waals surface area (Å²) in [6, 6.07) is 3.47. The number of ether oxygens (including phenoxy) is 2. The van der Waals surface area contributed by atoms with Crippen LogP contribution in [0.3, 0.4) is 0 Å². The van der Waals surface area contributed by atoms with Gasteiger partial charge in [-0.05, 0) is 26.0 Å². The average molecular weight is 642 g/mol. The highest BCUT2D eigenvalue weighted by Gasteiger charge is 2.54. The van der Waals surface area contributed by atoms with Gasteiger partial charge in [-0.3, -0.25) is 4.68 Å². The number of rotatable bonds is 4. The summed E-state index contributed by atoms with van der Waals surface area (Å²) in [7, 11) is 0. The van der Waals surface area contributed by atoms with Gasteiger partial charge in [-0.2, -0.15) is 10.2 Å². The van der Waals surface area contributed by atoms with Crippen LogP contribution in [0.1, 0.15) is 28.8 Å². The highest BCUT2D eigenvalue weighted by Crippen LogP contribution is 2.44. The monoisotopic (exact) mass is 641 g/mol. The van der Waals surface area contributed by atoms with E-state index in [0.717, 1.165) is 9.71 Å². The highest BCUT2D eigenvalue weighted by atomic mass is 32.1. The lowest BCUT2D eigenvalue weighted by atomic mass is 9.91. The maximum Gasteiger partial charge on any atom is 0.186 e. The van der Waals surface area contributed by atoms with E-state index in [0.29, 0.717) is 16.0 Å². The van der Waals surface area contributed by atoms with E-state index >= 15 is 8.78 Å². The summed E-state index contributed by atoms with van der Waals surface area (Å²) in [5.41, 5.74) is 2.22. The fourth-order valence-electron chi connectivity index (χ4n) is 6.02. The van der Waals surface area contributed by atoms with E-state index in [1.54, 1.807) is 13.0 Å². The Hall–Kier alpha value is -3.80. The largest absolute Gasteiger partial charge is 0.388 e. The topological polar surface area (TPSA) is 133 Å². The van der Waals surface area contributed by atoms with Gasteiger partial charge in [0.1, 0.15) is 53.6 Å². The first-order valence-electron chi connectivity index (χ1n) is 13.6. The quantitative estimate of drug-likeness (QED) is 0.291. The van der Waals surface area contributed by atoms with Gasteiger partial charge in [0, 0.05) is 23.4 Å². The van der Waals surface area contributed by atoms with Gasteiger partial charge >= 0.3 is 0 Å². The smallest absolute Gasteiger partial charge is 0.186 e. The van der Waals surface area contributed by atoms with Crippen LogP contribution in [0.4, 0.5) is 13.2 Å². The number of fused-ring (bicyclic) bond motifs is 3. The van der Waals surface area contributed by atoms with E-state index in [4.69, 9.17) is 9.47 Å². The van der Waals surface area contributed by atoms with Crippen molar-refractivity contribution in [2.24, 2.45) is 0 Å². The second-order valence-corrected chi connectivity index (χ2v) is 12.9. The summed E-state index contributed by atoms with van der Waals surface area (Å²) in [4.78, 5) is 12.7. The summed E-state index contributed by atoms with van der Waals surface area (Å²) in [6.45, 7) is 3.39. The van der Waals surface area contributed by atoms with Crippen molar-refractivity contribution >= 4 is 43.1 Å². The molecule has 2 aliphatic heterocycles. The molecule has 0 spiro atoms. The van der Waals surface area contributed by atoms with Crippen molar-refractivity contribution < 1.29 is 32.9 Å². The van der Waals surface area contributed by atoms with Crippen LogP contribution in [-0.2, 0) is 9.47 Å². The third-order valence-electron chi connectivity index (χ3n) is 7.97. The molecule has 0 radical (unpaired) electrons. The fourth-order valence-corrected chi connectivity index (χ4v) is 7.57. The molecule has 0 saturated carbocycles. The van der Waals surface area contributed by atoms with Gasteiger partial charge in [-0.1, -0.05) is 0 Å². The number of aromatic nitrogens is 7. The van der Waals surface area contributed by atoms with Crippen LogP contribution < -0.4 is 0 Å². The highest BCUT2D eigenvalue weighted by molar-refractivity contribution is 7.18. The van der Waals surface area contributed by atoms with Crippen LogP contribution in [0.15, 0.2) is 36.1 Å². The minimum absolute atomic E-state index is 0.0212. The molecule has 2 aromatic carbocycles. The predicted molar refractivity (Wildman–Crippen MR) is 153 cm³/mol. The average Bonchev–Trinajstić information content (AvgIpc) is 3.82. The minimum atomic E-state index is -1.39. The van der Waals surface area contributed by atoms with Crippen molar-refractivity contribution in [3.8, 4) is 16.8 Å². The molecule has 6 atom stereocenters. The number of hydrogen-bond donors (Lipinski definition) is 2. The molecule has 6 aromatic rings. The van der Waals surface area contributed by atoms with Crippen molar-refractivity contribution in [1.82, 2.24) is 34.5 Å². The summed E-state index contributed by atoms with van der Waals surface area (Å²) in [5, 5.41) is 32.1. The third kappa shape index (κ3) is 4.20. The van der Waals surface area contributed by atoms with Crippen LogP contribution in [0.2, 0.25) is 0 Å². The maximum absolute atomic E-state index is 15.4. The van der Waals surface area contributed by atoms with Crippen molar-refractivity contribution in [3.05, 3.63) is 70.2 Å². The number of halogens is 3. The normalized spacial score (nSPS) is 25.3. The molecule has 11 nitrogen and oxygen atoms in total. The number of thiazole rings is 2. The molecule has 0 aliphatic carbocycles. The molecule has 2 N–H and O–H groups in total. The van der Waals surface area contributed by atoms with E-state index < -0.39 is 54.0 Å². The minimum Gasteiger partial charge on any atom is -0.388 e. The molecule has 226 valence electrons. The SMILES string of the molecule is Cc1nc([C@@H]2OC3C(O)CO[C@@H]3C(n3cc(-c4cc5scnc5c(F)c4F)cn3)C2O)n(-c2cc3sc(C)nc3cc2F)n1. The molecule has 4 unspecified atom stereocenters. The van der Waals surface area contributed by atoms with Gasteiger partial charge in [-0.25, -0.2) is 32.8 Å². The Morgan fingerprint density at radius 3 is 2.70 bits per heavy atom. The number of nitrogens with zero attached hydrogens (tertiary/aromatic N) is 7. The Morgan fingerprint density at radius 2 is 1.86 bits per heavy atom. The Bertz CT molecular complexity index is 2080. The molecule has 0 amide bonds. The van der Waals surface area contributed by atoms with Gasteiger partial charge < -0.3 is 19.7 Å². The standard InChI is InChI=1S/C28H22F3N7O4S2/c1-10-34-28(38(36-10)16-5-18-15(4-14(16)29)35-11(2)44-18)27-24(40)23(26-25(42-27)17(39)8-41-26)37-7-12(6-33-37)13-3-19-22(32-9-43-19)21(31)20(13)30/h3-7,9,17,23-27,39-40H,8H2,1-2H3/t17?,23?,24?,25?,26-,27-/m1/s1. The number of aliphatic hydroxyl groups is 2. The van der Waals surface area contributed by atoms with Gasteiger partial charge in [0.2, 0.25) is 0 Å². The first-order valence-corrected chi connectivity index (χ1v) is 15.3. The van der Waals surface area contributed by atoms with Crippen molar-refractivity contribution in [2.45, 2.75) is 50.4 Å². The fraction of sp³-hybridized carbons (Fsp3) is 0.321. The first-order chi connectivity index (χ1) is 21.2. The second-order valence-electron chi connectivity index (χ2n) is 10.8. The van der Waals surface area contributed by atoms with Crippen molar-refractivity contribution in [2.75, 3.05) is 6.61 Å². The lowest BCUT2D eigenvalue weighted by Crippen LogP contribution is -2.52. The molecule has 6 heterocycles. The molecule has 8 rings (SSSR count). The zero-order valence-corrected chi connectivity index (χ0v) is 24.6. The van der Waals surface area contributed by atoms with Crippen LogP contribution in [0.25, 0.3) is 37.2 Å². The lowest BCUT2D eigenvalue weighted by Gasteiger charge is -2.41. The first kappa shape index (κ1) is 27.7. The van der Waals surface area contributed by atoms with Gasteiger partial charge in [-0.15, -0.1) is 22.7 Å². The number of aliphatic hydroxyl groups excluding tert-OH is 2. The Labute approximate surface area is 254 Å². The molecule has 2 fully saturated rings. The summed E-state index contributed by atoms with van der Waals surface area (Å²) in [6.07, 6.45) is -2.56. The number of aryl methyl sites for hydroxylation is 2. The molecule has 2 aliphatic rings. The molecule has 16 heteroatoms. The van der Waals surface area contributed by atoms with Crippen LogP contribution in [-0.4, -0.2) is 75.7 Å². The molecular weight excluding hydrogens is 619 g/mol. The van der Waals surface area contributed by atoms with Gasteiger partial charge in [0.15, 0.2) is 23.3 Å². The van der Waals surface area contributed by atoms with Crippen LogP contribution in [0, 0.1) is 31.3 Å². The van der Waals surface area contributed by atoms with Crippen LogP contribution in [0.5, 0.6) is 0 Å². The van der Waals surface area contributed by atoms with E-state index in [2.05, 4.69) is 25.1 Å². The molecular formula is C28H22F3N7O4S2. The van der Waals surface area contributed by atoms with Crippen molar-refractivity contribution in [3.63, 3.8) is 0 Å². The summed E-state index contributed by atoms with van der Waals surface area (Å²) >= 11 is 2.57. The Kier molecular flexibility index (Phi) is 6.37. The van der Waals surface area contributed by atoms with E-state index in [9.17, 15) is 14.6 Å². The zero-order chi connectivity index (χ0) is 30.4. The van der Waals surface area contributed by atoms with E-state index in [-0.39, 0.29) is 34.8 Å². The van der Waals surface area contributed by atoms with Gasteiger partial charge in [0.25, 0.3) is 0 Å². The summed E-state index contributed by atoms with van der Waals surface area (Å²) < 4.78 is 61.2. The van der Waals surface area contributed by atoms with Crippen LogP contribution >= 0.6 is 22.7 Å². The third-order valence-corrected chi connectivity index (χ3v) is 9.68. The Morgan fingerprint density at radius 1 is 1.02 bits per heavy atom. The molecule has 44 heavy (non-hydrogen) atoms.